The number of hydrogen-bond donors (Lipinski definition) is 1. The van der Waals surface area contributed by atoms with Crippen LogP contribution >= 0.6 is 0 Å². The summed E-state index contributed by atoms with van der Waals surface area (Å²) < 4.78 is 5.81. The van der Waals surface area contributed by atoms with E-state index >= 15 is 0 Å². The van der Waals surface area contributed by atoms with Crippen LogP contribution in [0.4, 0.5) is 4.79 Å². The molecule has 26 heavy (non-hydrogen) atoms. The van der Waals surface area contributed by atoms with Crippen LogP contribution in [0, 0.1) is 5.92 Å². The molecule has 2 unspecified atom stereocenters. The Labute approximate surface area is 158 Å². The van der Waals surface area contributed by atoms with Crippen molar-refractivity contribution in [3.63, 3.8) is 0 Å². The van der Waals surface area contributed by atoms with Crippen LogP contribution in [-0.2, 0) is 9.53 Å². The molecule has 0 radical (unpaired) electrons. The molecule has 2 atom stereocenters. The van der Waals surface area contributed by atoms with Crippen LogP contribution in [-0.4, -0.2) is 91.2 Å². The lowest BCUT2D eigenvalue weighted by Gasteiger charge is -2.45. The molecule has 0 spiro atoms. The minimum atomic E-state index is -0.124. The van der Waals surface area contributed by atoms with Crippen molar-refractivity contribution in [2.75, 3.05) is 46.8 Å². The van der Waals surface area contributed by atoms with Crippen LogP contribution in [0.1, 0.15) is 40.5 Å². The van der Waals surface area contributed by atoms with Crippen LogP contribution < -0.4 is 5.32 Å². The van der Waals surface area contributed by atoms with Gasteiger partial charge in [0, 0.05) is 58.3 Å². The summed E-state index contributed by atoms with van der Waals surface area (Å²) in [6, 6.07) is -0.0248. The predicted octanol–water partition coefficient (Wildman–Crippen LogP) is 1.38. The topological polar surface area (TPSA) is 65.1 Å². The first kappa shape index (κ1) is 21.0. The minimum absolute atomic E-state index is 0.0248. The lowest BCUT2D eigenvalue weighted by atomic mass is 9.95. The zero-order valence-corrected chi connectivity index (χ0v) is 17.2. The highest BCUT2D eigenvalue weighted by molar-refractivity contribution is 5.79. The van der Waals surface area contributed by atoms with Gasteiger partial charge in [0.25, 0.3) is 0 Å². The van der Waals surface area contributed by atoms with Crippen molar-refractivity contribution in [2.24, 2.45) is 5.92 Å². The Hall–Kier alpha value is -1.34. The van der Waals surface area contributed by atoms with E-state index < -0.39 is 0 Å². The highest BCUT2D eigenvalue weighted by atomic mass is 16.5. The number of ether oxygens (including phenoxy) is 1. The molecule has 2 saturated heterocycles. The Morgan fingerprint density at radius 3 is 2.15 bits per heavy atom. The Morgan fingerprint density at radius 2 is 1.65 bits per heavy atom. The van der Waals surface area contributed by atoms with Crippen molar-refractivity contribution in [3.05, 3.63) is 0 Å². The molecule has 0 saturated carbocycles. The highest BCUT2D eigenvalue weighted by Gasteiger charge is 2.34. The fraction of sp³-hybridized carbons (Fsp3) is 0.895. The molecule has 0 aromatic rings. The molecule has 3 amide bonds. The number of likely N-dealkylation sites (tertiary alicyclic amines) is 1. The Kier molecular flexibility index (Phi) is 6.91. The first-order valence-corrected chi connectivity index (χ1v) is 9.74. The highest BCUT2D eigenvalue weighted by Crippen LogP contribution is 2.22. The van der Waals surface area contributed by atoms with Gasteiger partial charge in [0.2, 0.25) is 5.91 Å². The summed E-state index contributed by atoms with van der Waals surface area (Å²) in [5, 5.41) is 3.10. The lowest BCUT2D eigenvalue weighted by Crippen LogP contribution is -2.59. The Morgan fingerprint density at radius 1 is 1.12 bits per heavy atom. The summed E-state index contributed by atoms with van der Waals surface area (Å²) in [5.41, 5.74) is -0.124. The van der Waals surface area contributed by atoms with Gasteiger partial charge in [0.1, 0.15) is 0 Å². The van der Waals surface area contributed by atoms with Gasteiger partial charge in [-0.1, -0.05) is 0 Å². The maximum absolute atomic E-state index is 12.5. The van der Waals surface area contributed by atoms with Crippen molar-refractivity contribution in [3.8, 4) is 0 Å². The molecule has 2 fully saturated rings. The average Bonchev–Trinajstić information content (AvgIpc) is 2.58. The van der Waals surface area contributed by atoms with Gasteiger partial charge in [-0.2, -0.15) is 0 Å². The second-order valence-corrected chi connectivity index (χ2v) is 8.63. The van der Waals surface area contributed by atoms with E-state index in [1.807, 2.05) is 4.90 Å². The molecule has 7 nitrogen and oxygen atoms in total. The number of nitrogens with zero attached hydrogens (tertiary/aromatic N) is 3. The van der Waals surface area contributed by atoms with Crippen molar-refractivity contribution >= 4 is 11.9 Å². The second-order valence-electron chi connectivity index (χ2n) is 8.63. The second kappa shape index (κ2) is 8.57. The van der Waals surface area contributed by atoms with E-state index in [0.717, 1.165) is 25.9 Å². The zero-order valence-electron chi connectivity index (χ0n) is 17.2. The van der Waals surface area contributed by atoms with Crippen molar-refractivity contribution in [1.29, 1.82) is 0 Å². The molecule has 0 aromatic carbocycles. The third kappa shape index (κ3) is 5.33. The molecular formula is C19H36N4O3. The summed E-state index contributed by atoms with van der Waals surface area (Å²) in [6.07, 6.45) is 1.91. The maximum atomic E-state index is 12.5. The van der Waals surface area contributed by atoms with E-state index in [1.54, 1.807) is 19.0 Å². The van der Waals surface area contributed by atoms with E-state index in [2.05, 4.69) is 37.9 Å². The van der Waals surface area contributed by atoms with Gasteiger partial charge >= 0.3 is 6.03 Å². The monoisotopic (exact) mass is 368 g/mol. The lowest BCUT2D eigenvalue weighted by molar-refractivity contribution is -0.134. The maximum Gasteiger partial charge on any atom is 0.317 e. The minimum Gasteiger partial charge on any atom is -0.373 e. The number of amides is 3. The van der Waals surface area contributed by atoms with E-state index in [9.17, 15) is 9.59 Å². The number of urea groups is 1. The van der Waals surface area contributed by atoms with Gasteiger partial charge in [-0.15, -0.1) is 0 Å². The zero-order chi connectivity index (χ0) is 19.5. The van der Waals surface area contributed by atoms with Gasteiger partial charge in [0.05, 0.1) is 12.2 Å². The average molecular weight is 369 g/mol. The molecule has 1 N–H and O–H groups in total. The van der Waals surface area contributed by atoms with E-state index in [1.165, 1.54) is 0 Å². The molecular weight excluding hydrogens is 332 g/mol. The molecule has 0 aliphatic carbocycles. The molecule has 150 valence electrons. The van der Waals surface area contributed by atoms with Crippen LogP contribution in [0.2, 0.25) is 0 Å². The smallest absolute Gasteiger partial charge is 0.317 e. The normalized spacial score (nSPS) is 25.8. The third-order valence-corrected chi connectivity index (χ3v) is 5.52. The van der Waals surface area contributed by atoms with Gasteiger partial charge in [-0.25, -0.2) is 4.79 Å². The van der Waals surface area contributed by atoms with Crippen LogP contribution in [0.25, 0.3) is 0 Å². The van der Waals surface area contributed by atoms with Gasteiger partial charge in [0.15, 0.2) is 0 Å². The first-order chi connectivity index (χ1) is 12.1. The standard InChI is InChI=1S/C19H36N4O3/c1-14-11-23(12-15(2)26-14)19(3,4)13-20-18(25)22-9-7-16(8-10-22)17(24)21(5)6/h14-16H,7-13H2,1-6H3,(H,20,25). The molecule has 2 aliphatic rings. The molecule has 2 aliphatic heterocycles. The summed E-state index contributed by atoms with van der Waals surface area (Å²) in [6.45, 7) is 12.2. The molecule has 0 aromatic heterocycles. The molecule has 0 bridgehead atoms. The number of carbonyl (C=O) groups excluding carboxylic acids is 2. The fourth-order valence-electron chi connectivity index (χ4n) is 3.88. The first-order valence-electron chi connectivity index (χ1n) is 9.74. The van der Waals surface area contributed by atoms with Gasteiger partial charge in [-0.05, 0) is 40.5 Å². The van der Waals surface area contributed by atoms with Crippen molar-refractivity contribution in [1.82, 2.24) is 20.0 Å². The Balaban J connectivity index is 1.80. The predicted molar refractivity (Wildman–Crippen MR) is 102 cm³/mol. The molecule has 2 rings (SSSR count). The fourth-order valence-corrected chi connectivity index (χ4v) is 3.88. The summed E-state index contributed by atoms with van der Waals surface area (Å²) in [4.78, 5) is 30.5. The van der Waals surface area contributed by atoms with Crippen LogP contribution in [0.3, 0.4) is 0 Å². The number of carbonyl (C=O) groups is 2. The summed E-state index contributed by atoms with van der Waals surface area (Å²) in [5.74, 6) is 0.212. The number of hydrogen-bond acceptors (Lipinski definition) is 4. The van der Waals surface area contributed by atoms with Gasteiger partial charge in [-0.3, -0.25) is 9.69 Å². The summed E-state index contributed by atoms with van der Waals surface area (Å²) in [7, 11) is 3.58. The number of piperidine rings is 1. The number of nitrogens with one attached hydrogen (secondary N) is 1. The van der Waals surface area contributed by atoms with Crippen LogP contribution in [0.15, 0.2) is 0 Å². The largest absolute Gasteiger partial charge is 0.373 e. The van der Waals surface area contributed by atoms with Crippen molar-refractivity contribution < 1.29 is 14.3 Å². The van der Waals surface area contributed by atoms with E-state index in [0.29, 0.717) is 19.6 Å². The number of morpholine rings is 1. The summed E-state index contributed by atoms with van der Waals surface area (Å²) >= 11 is 0. The molecule has 2 heterocycles. The quantitative estimate of drug-likeness (QED) is 0.814. The Bertz CT molecular complexity index is 491. The van der Waals surface area contributed by atoms with Crippen molar-refractivity contribution in [2.45, 2.75) is 58.3 Å². The molecule has 7 heteroatoms. The van der Waals surface area contributed by atoms with E-state index in [-0.39, 0.29) is 35.6 Å². The third-order valence-electron chi connectivity index (χ3n) is 5.52. The SMILES string of the molecule is CC1CN(C(C)(C)CNC(=O)N2CCC(C(=O)N(C)C)CC2)CC(C)O1. The van der Waals surface area contributed by atoms with Gasteiger partial charge < -0.3 is 19.9 Å². The number of rotatable bonds is 4. The van der Waals surface area contributed by atoms with Crippen LogP contribution in [0.5, 0.6) is 0 Å². The van der Waals surface area contributed by atoms with E-state index in [4.69, 9.17) is 4.74 Å².